The lowest BCUT2D eigenvalue weighted by Crippen LogP contribution is -2.55. The second-order valence-corrected chi connectivity index (χ2v) is 13.4. The van der Waals surface area contributed by atoms with E-state index >= 15 is 0 Å². The second-order valence-electron chi connectivity index (χ2n) is 13.0. The second kappa shape index (κ2) is 12.7. The Morgan fingerprint density at radius 2 is 2.00 bits per heavy atom. The minimum atomic E-state index is -0.704. The van der Waals surface area contributed by atoms with Gasteiger partial charge in [-0.05, 0) is 62.9 Å². The number of carbonyl (C=O) groups is 1. The van der Waals surface area contributed by atoms with Crippen molar-refractivity contribution in [1.29, 1.82) is 5.26 Å². The van der Waals surface area contributed by atoms with Crippen molar-refractivity contribution >= 4 is 39.8 Å². The van der Waals surface area contributed by atoms with E-state index in [2.05, 4.69) is 52.1 Å². The van der Waals surface area contributed by atoms with Gasteiger partial charge in [-0.15, -0.1) is 0 Å². The summed E-state index contributed by atoms with van der Waals surface area (Å²) in [5.74, 6) is 0.560. The van der Waals surface area contributed by atoms with Crippen molar-refractivity contribution in [3.05, 3.63) is 64.8 Å². The number of nitrogens with zero attached hydrogens (tertiary/aromatic N) is 7. The Labute approximate surface area is 274 Å². The number of benzene rings is 2. The van der Waals surface area contributed by atoms with E-state index in [0.717, 1.165) is 77.2 Å². The first-order chi connectivity index (χ1) is 22.4. The highest BCUT2D eigenvalue weighted by Gasteiger charge is 2.52. The van der Waals surface area contributed by atoms with Crippen LogP contribution in [0.25, 0.3) is 10.8 Å². The first-order valence-electron chi connectivity index (χ1n) is 16.2. The largest absolute Gasteiger partial charge is 0.462 e. The fourth-order valence-corrected chi connectivity index (χ4v) is 7.81. The molecule has 9 nitrogen and oxygen atoms in total. The Morgan fingerprint density at radius 1 is 1.17 bits per heavy atom. The van der Waals surface area contributed by atoms with Crippen LogP contribution >= 0.6 is 11.6 Å². The molecule has 1 aromatic heterocycles. The molecule has 1 saturated carbocycles. The lowest BCUT2D eigenvalue weighted by atomic mass is 9.93. The molecule has 3 fully saturated rings. The molecule has 0 N–H and O–H groups in total. The number of anilines is 2. The Balaban J connectivity index is 1.25. The summed E-state index contributed by atoms with van der Waals surface area (Å²) >= 11 is 6.81. The van der Waals surface area contributed by atoms with Crippen LogP contribution in [-0.2, 0) is 17.8 Å². The van der Waals surface area contributed by atoms with E-state index in [1.54, 1.807) is 4.90 Å². The number of piperazine rings is 1. The van der Waals surface area contributed by atoms with Crippen LogP contribution in [0, 0.1) is 11.3 Å². The van der Waals surface area contributed by atoms with Gasteiger partial charge in [-0.1, -0.05) is 35.9 Å². The summed E-state index contributed by atoms with van der Waals surface area (Å²) in [5, 5.41) is 12.5. The third kappa shape index (κ3) is 5.75. The number of aromatic nitrogens is 2. The molecule has 2 aromatic carbocycles. The van der Waals surface area contributed by atoms with Gasteiger partial charge in [0.1, 0.15) is 19.1 Å². The number of halogens is 2. The van der Waals surface area contributed by atoms with Gasteiger partial charge in [-0.3, -0.25) is 4.79 Å². The van der Waals surface area contributed by atoms with Gasteiger partial charge in [-0.25, -0.2) is 4.39 Å². The minimum Gasteiger partial charge on any atom is -0.462 e. The molecule has 0 radical (unpaired) electrons. The smallest absolute Gasteiger partial charge is 0.318 e. The third-order valence-electron chi connectivity index (χ3n) is 10.2. The molecule has 1 aliphatic carbocycles. The van der Waals surface area contributed by atoms with Crippen LogP contribution in [0.2, 0.25) is 5.02 Å². The first kappa shape index (κ1) is 30.7. The summed E-state index contributed by atoms with van der Waals surface area (Å²) in [6, 6.07) is 15.0. The minimum absolute atomic E-state index is 0.0610. The van der Waals surface area contributed by atoms with Crippen LogP contribution in [0.1, 0.15) is 43.4 Å². The Bertz CT molecular complexity index is 1700. The zero-order chi connectivity index (χ0) is 31.8. The van der Waals surface area contributed by atoms with Gasteiger partial charge in [-0.2, -0.15) is 15.2 Å². The van der Waals surface area contributed by atoms with Gasteiger partial charge in [0.2, 0.25) is 5.91 Å². The van der Waals surface area contributed by atoms with Crippen molar-refractivity contribution in [2.45, 2.75) is 62.7 Å². The molecule has 4 aliphatic rings. The number of fused-ring (bicyclic) bond motifs is 2. The van der Waals surface area contributed by atoms with Crippen molar-refractivity contribution in [3.8, 4) is 12.1 Å². The fourth-order valence-electron chi connectivity index (χ4n) is 7.53. The fraction of sp³-hybridized carbons (Fsp3) is 0.486. The van der Waals surface area contributed by atoms with E-state index in [0.29, 0.717) is 44.8 Å². The number of likely N-dealkylation sites (tertiary alicyclic amines) is 1. The number of alkyl halides is 1. The normalized spacial score (nSPS) is 22.4. The lowest BCUT2D eigenvalue weighted by Gasteiger charge is -2.44. The molecule has 2 saturated heterocycles. The molecule has 46 heavy (non-hydrogen) atoms. The number of carbonyl (C=O) groups excluding carboxylic acids is 1. The Kier molecular flexibility index (Phi) is 8.47. The number of ether oxygens (including phenoxy) is 1. The number of nitriles is 1. The van der Waals surface area contributed by atoms with Crippen molar-refractivity contribution in [1.82, 2.24) is 19.8 Å². The SMILES string of the molecule is CN1CCC[C@H]1COc1nc2c(c(N3CCN(C(=O)/C=C/CF)[C@@H](CC#N)C3)n1)CC1(CC1)N(c1cccc3cccc(Cl)c13)C2. The zero-order valence-corrected chi connectivity index (χ0v) is 26.9. The molecular formula is C35H39ClFN7O2. The standard InChI is InChI=1S/C35H39ClFN7O2/c1-41-17-5-8-26(41)23-46-34-39-29-22-44(30-10-3-7-24-6-2-9-28(36)32(24)30)35(13-14-35)20-27(29)33(40-34)42-18-19-43(25(21-42)12-16-38)31(45)11-4-15-37/h2-4,6-7,9-11,25-26H,5,8,12-15,17-23H2,1H3/b11-4+/t25-,26-/m0/s1. The van der Waals surface area contributed by atoms with Gasteiger partial charge in [0.05, 0.1) is 35.8 Å². The van der Waals surface area contributed by atoms with Crippen molar-refractivity contribution in [3.63, 3.8) is 0 Å². The highest BCUT2D eigenvalue weighted by atomic mass is 35.5. The molecule has 1 spiro atoms. The van der Waals surface area contributed by atoms with E-state index in [-0.39, 0.29) is 23.9 Å². The predicted molar refractivity (Wildman–Crippen MR) is 177 cm³/mol. The summed E-state index contributed by atoms with van der Waals surface area (Å²) in [6.07, 6.45) is 7.78. The topological polar surface area (TPSA) is 88.8 Å². The first-order valence-corrected chi connectivity index (χ1v) is 16.6. The maximum absolute atomic E-state index is 12.9. The van der Waals surface area contributed by atoms with Crippen molar-refractivity contribution < 1.29 is 13.9 Å². The molecule has 0 bridgehead atoms. The molecule has 11 heteroatoms. The summed E-state index contributed by atoms with van der Waals surface area (Å²) in [5.41, 5.74) is 3.10. The average molecular weight is 644 g/mol. The quantitative estimate of drug-likeness (QED) is 0.305. The van der Waals surface area contributed by atoms with E-state index in [1.165, 1.54) is 12.2 Å². The highest BCUT2D eigenvalue weighted by Crippen LogP contribution is 2.53. The molecule has 3 aromatic rings. The van der Waals surface area contributed by atoms with Crippen molar-refractivity contribution in [2.75, 3.05) is 56.3 Å². The van der Waals surface area contributed by atoms with Crippen LogP contribution in [0.3, 0.4) is 0 Å². The number of likely N-dealkylation sites (N-methyl/N-ethyl adjacent to an activating group) is 1. The zero-order valence-electron chi connectivity index (χ0n) is 26.2. The van der Waals surface area contributed by atoms with Crippen LogP contribution in [0.5, 0.6) is 6.01 Å². The van der Waals surface area contributed by atoms with Gasteiger partial charge in [0.25, 0.3) is 0 Å². The molecule has 240 valence electrons. The molecule has 1 amide bonds. The molecule has 4 heterocycles. The monoisotopic (exact) mass is 643 g/mol. The number of hydrogen-bond acceptors (Lipinski definition) is 8. The van der Waals surface area contributed by atoms with Crippen LogP contribution in [-0.4, -0.2) is 89.8 Å². The summed E-state index contributed by atoms with van der Waals surface area (Å²) < 4.78 is 19.1. The molecule has 0 unspecified atom stereocenters. The summed E-state index contributed by atoms with van der Waals surface area (Å²) in [7, 11) is 2.13. The van der Waals surface area contributed by atoms with E-state index < -0.39 is 6.67 Å². The van der Waals surface area contributed by atoms with Gasteiger partial charge < -0.3 is 24.3 Å². The maximum atomic E-state index is 12.9. The molecule has 2 atom stereocenters. The van der Waals surface area contributed by atoms with Gasteiger partial charge in [0.15, 0.2) is 0 Å². The van der Waals surface area contributed by atoms with Crippen LogP contribution in [0.4, 0.5) is 15.9 Å². The summed E-state index contributed by atoms with van der Waals surface area (Å²) in [4.78, 5) is 31.6. The molecule has 3 aliphatic heterocycles. The summed E-state index contributed by atoms with van der Waals surface area (Å²) in [6.45, 7) is 2.87. The van der Waals surface area contributed by atoms with E-state index in [4.69, 9.17) is 26.3 Å². The van der Waals surface area contributed by atoms with Gasteiger partial charge in [0, 0.05) is 60.3 Å². The number of hydrogen-bond donors (Lipinski definition) is 0. The number of allylic oxidation sites excluding steroid dienone is 1. The number of amides is 1. The molecule has 7 rings (SSSR count). The van der Waals surface area contributed by atoms with E-state index in [9.17, 15) is 14.4 Å². The average Bonchev–Trinajstić information content (AvgIpc) is 3.71. The van der Waals surface area contributed by atoms with Crippen LogP contribution < -0.4 is 14.5 Å². The maximum Gasteiger partial charge on any atom is 0.318 e. The van der Waals surface area contributed by atoms with E-state index in [1.807, 2.05) is 12.1 Å². The number of rotatable bonds is 8. The van der Waals surface area contributed by atoms with Gasteiger partial charge >= 0.3 is 6.01 Å². The highest BCUT2D eigenvalue weighted by molar-refractivity contribution is 6.36. The van der Waals surface area contributed by atoms with Crippen LogP contribution in [0.15, 0.2) is 48.6 Å². The third-order valence-corrected chi connectivity index (χ3v) is 10.5. The predicted octanol–water partition coefficient (Wildman–Crippen LogP) is 5.31. The molecular weight excluding hydrogens is 605 g/mol. The van der Waals surface area contributed by atoms with Crippen molar-refractivity contribution in [2.24, 2.45) is 0 Å². The Morgan fingerprint density at radius 3 is 2.74 bits per heavy atom. The Hall–Kier alpha value is -3.94. The lowest BCUT2D eigenvalue weighted by molar-refractivity contribution is -0.128.